The molecule has 0 aliphatic rings. The molecular formula is C19H34N2. The maximum atomic E-state index is 3.68. The topological polar surface area (TPSA) is 15.3 Å². The average Bonchev–Trinajstić information content (AvgIpc) is 2.24. The van der Waals surface area contributed by atoms with Crippen molar-refractivity contribution in [3.8, 4) is 0 Å². The molecule has 1 rings (SSSR count). The summed E-state index contributed by atoms with van der Waals surface area (Å²) in [5.41, 5.74) is 5.98. The minimum absolute atomic E-state index is 0.336. The van der Waals surface area contributed by atoms with Crippen molar-refractivity contribution in [2.75, 3.05) is 26.7 Å². The lowest BCUT2D eigenvalue weighted by atomic mass is 9.92. The lowest BCUT2D eigenvalue weighted by Crippen LogP contribution is -2.37. The van der Waals surface area contributed by atoms with Gasteiger partial charge in [-0.2, -0.15) is 0 Å². The van der Waals surface area contributed by atoms with Gasteiger partial charge in [0.2, 0.25) is 0 Å². The Hall–Kier alpha value is -0.860. The van der Waals surface area contributed by atoms with Gasteiger partial charge in [0.25, 0.3) is 0 Å². The van der Waals surface area contributed by atoms with Crippen molar-refractivity contribution in [2.24, 2.45) is 5.41 Å². The molecule has 0 aliphatic carbocycles. The van der Waals surface area contributed by atoms with E-state index >= 15 is 0 Å². The van der Waals surface area contributed by atoms with Crippen molar-refractivity contribution >= 4 is 0 Å². The predicted octanol–water partition coefficient (Wildman–Crippen LogP) is 4.24. The summed E-state index contributed by atoms with van der Waals surface area (Å²) >= 11 is 0. The van der Waals surface area contributed by atoms with Gasteiger partial charge < -0.3 is 10.2 Å². The van der Waals surface area contributed by atoms with E-state index in [9.17, 15) is 0 Å². The third kappa shape index (κ3) is 5.80. The first-order chi connectivity index (χ1) is 9.64. The molecule has 2 heteroatoms. The zero-order valence-electron chi connectivity index (χ0n) is 15.3. The van der Waals surface area contributed by atoms with E-state index < -0.39 is 0 Å². The van der Waals surface area contributed by atoms with Crippen molar-refractivity contribution in [3.05, 3.63) is 34.4 Å². The van der Waals surface area contributed by atoms with Gasteiger partial charge in [-0.05, 0) is 56.5 Å². The Kier molecular flexibility index (Phi) is 6.42. The Balaban J connectivity index is 2.97. The van der Waals surface area contributed by atoms with Gasteiger partial charge in [0.15, 0.2) is 0 Å². The Morgan fingerprint density at radius 3 is 2.05 bits per heavy atom. The minimum Gasteiger partial charge on any atom is -0.309 e. The van der Waals surface area contributed by atoms with Crippen LogP contribution in [0.25, 0.3) is 0 Å². The molecule has 0 heterocycles. The van der Waals surface area contributed by atoms with Crippen LogP contribution in [0.4, 0.5) is 0 Å². The molecule has 21 heavy (non-hydrogen) atoms. The third-order valence-corrected chi connectivity index (χ3v) is 3.78. The molecule has 0 fully saturated rings. The standard InChI is InChI=1S/C19H34N2/c1-9-20-17(12-21(8)13-19(5,6)7)18-15(3)10-14(2)11-16(18)4/h10-11,17,20H,9,12-13H2,1-8H3. The zero-order valence-corrected chi connectivity index (χ0v) is 15.3. The molecule has 0 amide bonds. The van der Waals surface area contributed by atoms with Crippen LogP contribution in [0.2, 0.25) is 0 Å². The molecule has 0 radical (unpaired) electrons. The van der Waals surface area contributed by atoms with Crippen LogP contribution < -0.4 is 5.32 Å². The number of hydrogen-bond acceptors (Lipinski definition) is 2. The van der Waals surface area contributed by atoms with Crippen LogP contribution >= 0.6 is 0 Å². The molecule has 0 saturated heterocycles. The highest BCUT2D eigenvalue weighted by atomic mass is 15.1. The number of benzene rings is 1. The highest BCUT2D eigenvalue weighted by Crippen LogP contribution is 2.25. The molecule has 120 valence electrons. The van der Waals surface area contributed by atoms with E-state index in [-0.39, 0.29) is 0 Å². The fourth-order valence-electron chi connectivity index (χ4n) is 3.43. The normalized spacial score (nSPS) is 13.8. The number of aryl methyl sites for hydroxylation is 3. The van der Waals surface area contributed by atoms with E-state index in [4.69, 9.17) is 0 Å². The zero-order chi connectivity index (χ0) is 16.2. The second kappa shape index (κ2) is 7.42. The van der Waals surface area contributed by atoms with Crippen LogP contribution in [-0.4, -0.2) is 31.6 Å². The molecule has 1 aromatic carbocycles. The quantitative estimate of drug-likeness (QED) is 0.843. The van der Waals surface area contributed by atoms with Crippen LogP contribution in [-0.2, 0) is 0 Å². The molecule has 0 aliphatic heterocycles. The van der Waals surface area contributed by atoms with Crippen molar-refractivity contribution in [1.29, 1.82) is 0 Å². The summed E-state index contributed by atoms with van der Waals surface area (Å²) in [6.07, 6.45) is 0. The number of rotatable bonds is 6. The predicted molar refractivity (Wildman–Crippen MR) is 94.0 cm³/mol. The van der Waals surface area contributed by atoms with Gasteiger partial charge in [0, 0.05) is 19.1 Å². The van der Waals surface area contributed by atoms with Crippen LogP contribution in [0.1, 0.15) is 56.0 Å². The maximum Gasteiger partial charge on any atom is 0.0454 e. The monoisotopic (exact) mass is 290 g/mol. The van der Waals surface area contributed by atoms with Crippen molar-refractivity contribution in [2.45, 2.75) is 54.5 Å². The van der Waals surface area contributed by atoms with E-state index in [0.717, 1.165) is 19.6 Å². The summed E-state index contributed by atoms with van der Waals surface area (Å²) in [6, 6.07) is 5.01. The second-order valence-corrected chi connectivity index (χ2v) is 7.68. The van der Waals surface area contributed by atoms with Crippen molar-refractivity contribution in [3.63, 3.8) is 0 Å². The maximum absolute atomic E-state index is 3.68. The van der Waals surface area contributed by atoms with E-state index in [1.54, 1.807) is 0 Å². The summed E-state index contributed by atoms with van der Waals surface area (Å²) in [5, 5.41) is 3.68. The molecular weight excluding hydrogens is 256 g/mol. The molecule has 1 unspecified atom stereocenters. The van der Waals surface area contributed by atoms with Gasteiger partial charge in [0.1, 0.15) is 0 Å². The minimum atomic E-state index is 0.336. The van der Waals surface area contributed by atoms with Gasteiger partial charge in [0.05, 0.1) is 0 Å². The van der Waals surface area contributed by atoms with Crippen LogP contribution in [0.5, 0.6) is 0 Å². The van der Waals surface area contributed by atoms with Crippen LogP contribution in [0.3, 0.4) is 0 Å². The first kappa shape index (κ1) is 18.2. The summed E-state index contributed by atoms with van der Waals surface area (Å²) < 4.78 is 0. The molecule has 0 aromatic heterocycles. The molecule has 0 saturated carbocycles. The van der Waals surface area contributed by atoms with E-state index in [1.807, 2.05) is 0 Å². The molecule has 2 nitrogen and oxygen atoms in total. The summed E-state index contributed by atoms with van der Waals surface area (Å²) in [6.45, 7) is 18.9. The van der Waals surface area contributed by atoms with E-state index in [0.29, 0.717) is 11.5 Å². The molecule has 0 bridgehead atoms. The molecule has 0 spiro atoms. The Morgan fingerprint density at radius 1 is 1.10 bits per heavy atom. The largest absolute Gasteiger partial charge is 0.309 e. The van der Waals surface area contributed by atoms with Crippen LogP contribution in [0.15, 0.2) is 12.1 Å². The Labute approximate surface area is 131 Å². The van der Waals surface area contributed by atoms with Gasteiger partial charge in [-0.15, -0.1) is 0 Å². The fourth-order valence-corrected chi connectivity index (χ4v) is 3.43. The van der Waals surface area contributed by atoms with Gasteiger partial charge in [-0.25, -0.2) is 0 Å². The second-order valence-electron chi connectivity index (χ2n) is 7.68. The fraction of sp³-hybridized carbons (Fsp3) is 0.684. The smallest absolute Gasteiger partial charge is 0.0454 e. The average molecular weight is 290 g/mol. The lowest BCUT2D eigenvalue weighted by Gasteiger charge is -2.31. The first-order valence-corrected chi connectivity index (χ1v) is 8.13. The number of hydrogen-bond donors (Lipinski definition) is 1. The Morgan fingerprint density at radius 2 is 1.62 bits per heavy atom. The molecule has 1 aromatic rings. The van der Waals surface area contributed by atoms with E-state index in [1.165, 1.54) is 22.3 Å². The summed E-state index contributed by atoms with van der Waals surface area (Å²) in [7, 11) is 2.23. The van der Waals surface area contributed by atoms with Gasteiger partial charge in [-0.1, -0.05) is 45.4 Å². The number of nitrogens with zero attached hydrogens (tertiary/aromatic N) is 1. The molecule has 1 N–H and O–H groups in total. The van der Waals surface area contributed by atoms with Crippen LogP contribution in [0, 0.1) is 26.2 Å². The first-order valence-electron chi connectivity index (χ1n) is 8.13. The molecule has 1 atom stereocenters. The highest BCUT2D eigenvalue weighted by Gasteiger charge is 2.20. The highest BCUT2D eigenvalue weighted by molar-refractivity contribution is 5.39. The SMILES string of the molecule is CCNC(CN(C)CC(C)(C)C)c1c(C)cc(C)cc1C. The summed E-state index contributed by atoms with van der Waals surface area (Å²) in [4.78, 5) is 2.45. The van der Waals surface area contributed by atoms with Gasteiger partial charge >= 0.3 is 0 Å². The van der Waals surface area contributed by atoms with Crippen molar-refractivity contribution < 1.29 is 0 Å². The summed E-state index contributed by atoms with van der Waals surface area (Å²) in [5.74, 6) is 0. The number of likely N-dealkylation sites (N-methyl/N-ethyl adjacent to an activating group) is 2. The number of nitrogens with one attached hydrogen (secondary N) is 1. The third-order valence-electron chi connectivity index (χ3n) is 3.78. The van der Waals surface area contributed by atoms with Gasteiger partial charge in [-0.3, -0.25) is 0 Å². The van der Waals surface area contributed by atoms with E-state index in [2.05, 4.69) is 77.9 Å². The lowest BCUT2D eigenvalue weighted by molar-refractivity contribution is 0.208. The van der Waals surface area contributed by atoms with Crippen molar-refractivity contribution in [1.82, 2.24) is 10.2 Å². The Bertz CT molecular complexity index is 434.